The molecule has 3 rings (SSSR count). The number of ether oxygens (including phenoxy) is 2. The maximum absolute atomic E-state index is 12.5. The Morgan fingerprint density at radius 1 is 1.00 bits per heavy atom. The van der Waals surface area contributed by atoms with Gasteiger partial charge in [0.25, 0.3) is 0 Å². The molecule has 1 aliphatic heterocycles. The molecule has 2 aromatic rings. The van der Waals surface area contributed by atoms with Gasteiger partial charge in [-0.2, -0.15) is 0 Å². The van der Waals surface area contributed by atoms with Crippen LogP contribution >= 0.6 is 0 Å². The van der Waals surface area contributed by atoms with Gasteiger partial charge in [-0.1, -0.05) is 6.07 Å². The Kier molecular flexibility index (Phi) is 7.13. The van der Waals surface area contributed by atoms with Gasteiger partial charge in [-0.3, -0.25) is 9.59 Å². The Morgan fingerprint density at radius 2 is 1.74 bits per heavy atom. The van der Waals surface area contributed by atoms with Crippen LogP contribution < -0.4 is 24.8 Å². The number of sulfonamides is 1. The van der Waals surface area contributed by atoms with Crippen molar-refractivity contribution in [1.82, 2.24) is 4.72 Å². The highest BCUT2D eigenvalue weighted by molar-refractivity contribution is 7.89. The van der Waals surface area contributed by atoms with Crippen molar-refractivity contribution >= 4 is 33.2 Å². The molecule has 0 aromatic heterocycles. The number of fused-ring (bicyclic) bond motifs is 1. The predicted octanol–water partition coefficient (Wildman–Crippen LogP) is 2.42. The third kappa shape index (κ3) is 6.19. The number of aryl methyl sites for hydroxylation is 1. The number of rotatable bonds is 7. The quantitative estimate of drug-likeness (QED) is 0.599. The first-order valence-corrected chi connectivity index (χ1v) is 11.3. The van der Waals surface area contributed by atoms with E-state index in [4.69, 9.17) is 9.47 Å². The number of hydrogen-bond donors (Lipinski definition) is 3. The lowest BCUT2D eigenvalue weighted by molar-refractivity contribution is -0.116. The molecule has 10 heteroatoms. The molecule has 2 amide bonds. The average molecular weight is 448 g/mol. The van der Waals surface area contributed by atoms with Crippen molar-refractivity contribution in [2.24, 2.45) is 0 Å². The SMILES string of the molecule is CC(=O)Nc1cc(NC(=O)CCNS(=O)(=O)c2ccc3c(c2)OCCCO3)ccc1C. The molecule has 3 N–H and O–H groups in total. The first-order chi connectivity index (χ1) is 14.7. The second-order valence-electron chi connectivity index (χ2n) is 7.07. The summed E-state index contributed by atoms with van der Waals surface area (Å²) in [7, 11) is -3.81. The van der Waals surface area contributed by atoms with Crippen LogP contribution in [0.2, 0.25) is 0 Å². The van der Waals surface area contributed by atoms with Crippen molar-refractivity contribution < 1.29 is 27.5 Å². The third-order valence-electron chi connectivity index (χ3n) is 4.51. The minimum Gasteiger partial charge on any atom is -0.490 e. The predicted molar refractivity (Wildman–Crippen MR) is 116 cm³/mol. The van der Waals surface area contributed by atoms with Gasteiger partial charge in [0.2, 0.25) is 21.8 Å². The van der Waals surface area contributed by atoms with Gasteiger partial charge in [-0.05, 0) is 36.8 Å². The Labute approximate surface area is 181 Å². The van der Waals surface area contributed by atoms with E-state index >= 15 is 0 Å². The smallest absolute Gasteiger partial charge is 0.240 e. The summed E-state index contributed by atoms with van der Waals surface area (Å²) in [6.45, 7) is 4.13. The number of carbonyl (C=O) groups excluding carboxylic acids is 2. The molecule has 1 aliphatic rings. The van der Waals surface area contributed by atoms with E-state index in [2.05, 4.69) is 15.4 Å². The van der Waals surface area contributed by atoms with Crippen LogP contribution in [0.3, 0.4) is 0 Å². The van der Waals surface area contributed by atoms with Gasteiger partial charge in [0.05, 0.1) is 18.1 Å². The van der Waals surface area contributed by atoms with Crippen molar-refractivity contribution in [1.29, 1.82) is 0 Å². The summed E-state index contributed by atoms with van der Waals surface area (Å²) >= 11 is 0. The van der Waals surface area contributed by atoms with Crippen molar-refractivity contribution in [2.45, 2.75) is 31.6 Å². The van der Waals surface area contributed by atoms with Crippen LogP contribution in [0.4, 0.5) is 11.4 Å². The van der Waals surface area contributed by atoms with Gasteiger partial charge < -0.3 is 20.1 Å². The standard InChI is InChI=1S/C21H25N3O6S/c1-14-4-5-16(12-18(14)23-15(2)25)24-21(26)8-9-22-31(27,28)17-6-7-19-20(13-17)30-11-3-10-29-19/h4-7,12-13,22H,3,8-11H2,1-2H3,(H,23,25)(H,24,26). The Hall–Kier alpha value is -3.11. The lowest BCUT2D eigenvalue weighted by atomic mass is 10.1. The Morgan fingerprint density at radius 3 is 2.48 bits per heavy atom. The zero-order valence-corrected chi connectivity index (χ0v) is 18.2. The number of amides is 2. The molecule has 0 aliphatic carbocycles. The summed E-state index contributed by atoms with van der Waals surface area (Å²) in [5.74, 6) is 0.315. The number of carbonyl (C=O) groups is 2. The lowest BCUT2D eigenvalue weighted by Crippen LogP contribution is -2.28. The molecule has 0 spiro atoms. The monoisotopic (exact) mass is 447 g/mol. The summed E-state index contributed by atoms with van der Waals surface area (Å²) in [6, 6.07) is 9.54. The highest BCUT2D eigenvalue weighted by Gasteiger charge is 2.19. The average Bonchev–Trinajstić information content (AvgIpc) is 2.95. The van der Waals surface area contributed by atoms with E-state index < -0.39 is 10.0 Å². The van der Waals surface area contributed by atoms with E-state index in [1.807, 2.05) is 6.92 Å². The highest BCUT2D eigenvalue weighted by atomic mass is 32.2. The lowest BCUT2D eigenvalue weighted by Gasteiger charge is -2.12. The fraction of sp³-hybridized carbons (Fsp3) is 0.333. The van der Waals surface area contributed by atoms with Crippen LogP contribution in [-0.4, -0.2) is 40.0 Å². The molecule has 0 saturated heterocycles. The van der Waals surface area contributed by atoms with Gasteiger partial charge in [0.15, 0.2) is 11.5 Å². The largest absolute Gasteiger partial charge is 0.490 e. The molecule has 1 heterocycles. The number of nitrogens with one attached hydrogen (secondary N) is 3. The zero-order valence-electron chi connectivity index (χ0n) is 17.4. The maximum atomic E-state index is 12.5. The van der Waals surface area contributed by atoms with E-state index in [-0.39, 0.29) is 29.7 Å². The van der Waals surface area contributed by atoms with Crippen LogP contribution in [0, 0.1) is 6.92 Å². The number of anilines is 2. The topological polar surface area (TPSA) is 123 Å². The molecule has 0 atom stereocenters. The fourth-order valence-corrected chi connectivity index (χ4v) is 3.99. The van der Waals surface area contributed by atoms with Crippen LogP contribution in [0.5, 0.6) is 11.5 Å². The van der Waals surface area contributed by atoms with E-state index in [0.717, 1.165) is 12.0 Å². The molecule has 166 valence electrons. The highest BCUT2D eigenvalue weighted by Crippen LogP contribution is 2.31. The van der Waals surface area contributed by atoms with Crippen LogP contribution in [0.1, 0.15) is 25.3 Å². The van der Waals surface area contributed by atoms with Crippen molar-refractivity contribution in [3.05, 3.63) is 42.0 Å². The summed E-state index contributed by atoms with van der Waals surface area (Å²) in [5, 5.41) is 5.39. The minimum absolute atomic E-state index is 0.0376. The van der Waals surface area contributed by atoms with E-state index in [0.29, 0.717) is 36.1 Å². The Bertz CT molecular complexity index is 1080. The Balaban J connectivity index is 1.56. The molecule has 0 bridgehead atoms. The second kappa shape index (κ2) is 9.80. The van der Waals surface area contributed by atoms with E-state index in [1.54, 1.807) is 24.3 Å². The van der Waals surface area contributed by atoms with Gasteiger partial charge in [0.1, 0.15) is 0 Å². The van der Waals surface area contributed by atoms with Crippen molar-refractivity contribution in [3.63, 3.8) is 0 Å². The zero-order chi connectivity index (χ0) is 22.4. The van der Waals surface area contributed by atoms with Crippen LogP contribution in [0.25, 0.3) is 0 Å². The van der Waals surface area contributed by atoms with E-state index in [1.165, 1.54) is 19.1 Å². The number of benzene rings is 2. The summed E-state index contributed by atoms with van der Waals surface area (Å²) < 4.78 is 38.6. The second-order valence-corrected chi connectivity index (χ2v) is 8.83. The van der Waals surface area contributed by atoms with Gasteiger partial charge >= 0.3 is 0 Å². The van der Waals surface area contributed by atoms with Gasteiger partial charge in [-0.25, -0.2) is 13.1 Å². The molecular weight excluding hydrogens is 422 g/mol. The summed E-state index contributed by atoms with van der Waals surface area (Å²) in [6.07, 6.45) is 0.657. The van der Waals surface area contributed by atoms with Crippen molar-refractivity contribution in [3.8, 4) is 11.5 Å². The molecule has 2 aromatic carbocycles. The first-order valence-electron chi connectivity index (χ1n) is 9.82. The first kappa shape index (κ1) is 22.6. The molecule has 9 nitrogen and oxygen atoms in total. The summed E-state index contributed by atoms with van der Waals surface area (Å²) in [5.41, 5.74) is 1.96. The van der Waals surface area contributed by atoms with Gasteiger partial charge in [0, 0.05) is 43.8 Å². The molecular formula is C21H25N3O6S. The van der Waals surface area contributed by atoms with Crippen LogP contribution in [-0.2, 0) is 19.6 Å². The molecule has 0 fully saturated rings. The van der Waals surface area contributed by atoms with E-state index in [9.17, 15) is 18.0 Å². The van der Waals surface area contributed by atoms with Gasteiger partial charge in [-0.15, -0.1) is 0 Å². The fourth-order valence-electron chi connectivity index (χ4n) is 2.94. The van der Waals surface area contributed by atoms with Crippen LogP contribution in [0.15, 0.2) is 41.3 Å². The molecule has 0 radical (unpaired) electrons. The van der Waals surface area contributed by atoms with Crippen molar-refractivity contribution in [2.75, 3.05) is 30.4 Å². The molecule has 31 heavy (non-hydrogen) atoms. The molecule has 0 unspecified atom stereocenters. The maximum Gasteiger partial charge on any atom is 0.240 e. The number of hydrogen-bond acceptors (Lipinski definition) is 6. The normalized spacial score (nSPS) is 13.2. The third-order valence-corrected chi connectivity index (χ3v) is 5.96. The summed E-state index contributed by atoms with van der Waals surface area (Å²) in [4.78, 5) is 23.5. The molecule has 0 saturated carbocycles. The minimum atomic E-state index is -3.81.